The van der Waals surface area contributed by atoms with Crippen molar-refractivity contribution >= 4 is 45.2 Å². The van der Waals surface area contributed by atoms with Crippen LogP contribution in [0.3, 0.4) is 0 Å². The van der Waals surface area contributed by atoms with Crippen LogP contribution in [0.1, 0.15) is 10.4 Å². The summed E-state index contributed by atoms with van der Waals surface area (Å²) in [7, 11) is 1.46. The highest BCUT2D eigenvalue weighted by Crippen LogP contribution is 2.24. The van der Waals surface area contributed by atoms with E-state index in [0.29, 0.717) is 10.2 Å². The van der Waals surface area contributed by atoms with Crippen molar-refractivity contribution in [3.05, 3.63) is 58.3 Å². The van der Waals surface area contributed by atoms with E-state index in [-0.39, 0.29) is 18.0 Å². The molecule has 0 saturated heterocycles. The third kappa shape index (κ3) is 4.58. The number of para-hydroxylation sites is 1. The lowest BCUT2D eigenvalue weighted by Crippen LogP contribution is -2.35. The number of carbonyl (C=O) groups excluding carboxylic acids is 2. The van der Waals surface area contributed by atoms with Gasteiger partial charge in [-0.25, -0.2) is 4.39 Å². The van der Waals surface area contributed by atoms with E-state index < -0.39 is 11.7 Å². The molecule has 2 aromatic rings. The lowest BCUT2D eigenvalue weighted by atomic mass is 10.2. The lowest BCUT2D eigenvalue weighted by Gasteiger charge is -2.18. The smallest absolute Gasteiger partial charge is 0.257 e. The van der Waals surface area contributed by atoms with Crippen molar-refractivity contribution < 1.29 is 14.0 Å². The third-order valence-corrected chi connectivity index (χ3v) is 4.56. The van der Waals surface area contributed by atoms with Gasteiger partial charge in [-0.15, -0.1) is 11.8 Å². The zero-order valence-corrected chi connectivity index (χ0v) is 15.6. The van der Waals surface area contributed by atoms with Crippen LogP contribution in [-0.2, 0) is 4.79 Å². The van der Waals surface area contributed by atoms with E-state index in [2.05, 4.69) is 21.2 Å². The topological polar surface area (TPSA) is 49.4 Å². The first kappa shape index (κ1) is 18.5. The van der Waals surface area contributed by atoms with Crippen LogP contribution >= 0.6 is 27.7 Å². The predicted molar refractivity (Wildman–Crippen MR) is 97.9 cm³/mol. The van der Waals surface area contributed by atoms with Crippen LogP contribution in [-0.4, -0.2) is 36.6 Å². The average Bonchev–Trinajstić information content (AvgIpc) is 2.56. The molecule has 0 aliphatic rings. The molecule has 4 nitrogen and oxygen atoms in total. The van der Waals surface area contributed by atoms with Gasteiger partial charge in [-0.3, -0.25) is 9.59 Å². The molecule has 0 fully saturated rings. The Balaban J connectivity index is 2.06. The molecular formula is C17H16BrFN2O2S. The maximum Gasteiger partial charge on any atom is 0.257 e. The molecule has 2 rings (SSSR count). The van der Waals surface area contributed by atoms with Crippen molar-refractivity contribution in [3.63, 3.8) is 0 Å². The number of nitrogens with zero attached hydrogens (tertiary/aromatic N) is 1. The summed E-state index contributed by atoms with van der Waals surface area (Å²) in [6, 6.07) is 11.5. The molecule has 0 saturated carbocycles. The summed E-state index contributed by atoms with van der Waals surface area (Å²) in [5, 5.41) is 2.77. The van der Waals surface area contributed by atoms with E-state index in [4.69, 9.17) is 0 Å². The number of halogens is 2. The van der Waals surface area contributed by atoms with E-state index in [9.17, 15) is 14.0 Å². The van der Waals surface area contributed by atoms with Gasteiger partial charge in [0.1, 0.15) is 5.82 Å². The van der Waals surface area contributed by atoms with Gasteiger partial charge < -0.3 is 10.2 Å². The minimum Gasteiger partial charge on any atom is -0.332 e. The van der Waals surface area contributed by atoms with Gasteiger partial charge in [-0.1, -0.05) is 28.1 Å². The zero-order chi connectivity index (χ0) is 17.7. The monoisotopic (exact) mass is 410 g/mol. The van der Waals surface area contributed by atoms with Crippen molar-refractivity contribution in [3.8, 4) is 0 Å². The van der Waals surface area contributed by atoms with Crippen molar-refractivity contribution in [2.75, 3.05) is 25.2 Å². The minimum atomic E-state index is -0.622. The average molecular weight is 411 g/mol. The molecule has 2 aromatic carbocycles. The Hall–Kier alpha value is -1.86. The fraction of sp³-hybridized carbons (Fsp3) is 0.176. The molecule has 24 heavy (non-hydrogen) atoms. The van der Waals surface area contributed by atoms with Gasteiger partial charge in [0.2, 0.25) is 5.91 Å². The highest BCUT2D eigenvalue weighted by Gasteiger charge is 2.19. The van der Waals surface area contributed by atoms with E-state index in [0.717, 1.165) is 4.90 Å². The Morgan fingerprint density at radius 3 is 2.67 bits per heavy atom. The zero-order valence-electron chi connectivity index (χ0n) is 13.2. The number of nitrogens with one attached hydrogen (secondary N) is 1. The van der Waals surface area contributed by atoms with Crippen LogP contribution in [0.4, 0.5) is 10.1 Å². The predicted octanol–water partition coefficient (Wildman–Crippen LogP) is 4.02. The normalized spacial score (nSPS) is 10.3. The summed E-state index contributed by atoms with van der Waals surface area (Å²) >= 11 is 4.72. The van der Waals surface area contributed by atoms with Gasteiger partial charge >= 0.3 is 0 Å². The van der Waals surface area contributed by atoms with E-state index in [1.165, 1.54) is 41.9 Å². The molecular weight excluding hydrogens is 395 g/mol. The highest BCUT2D eigenvalue weighted by molar-refractivity contribution is 9.10. The fourth-order valence-electron chi connectivity index (χ4n) is 2.09. The number of thioether (sulfide) groups is 1. The van der Waals surface area contributed by atoms with Gasteiger partial charge in [-0.05, 0) is 36.6 Å². The Morgan fingerprint density at radius 1 is 1.25 bits per heavy atom. The van der Waals surface area contributed by atoms with Gasteiger partial charge in [0.25, 0.3) is 5.91 Å². The van der Waals surface area contributed by atoms with Crippen LogP contribution in [0.25, 0.3) is 0 Å². The maximum absolute atomic E-state index is 13.8. The second-order valence-corrected chi connectivity index (χ2v) is 6.80. The lowest BCUT2D eigenvalue weighted by molar-refractivity contribution is -0.116. The number of hydrogen-bond donors (Lipinski definition) is 1. The molecule has 0 aliphatic carbocycles. The summed E-state index contributed by atoms with van der Waals surface area (Å²) in [6.45, 7) is -0.173. The van der Waals surface area contributed by atoms with Crippen molar-refractivity contribution in [2.45, 2.75) is 4.90 Å². The summed E-state index contributed by atoms with van der Waals surface area (Å²) in [4.78, 5) is 26.6. The van der Waals surface area contributed by atoms with E-state index in [1.807, 2.05) is 24.5 Å². The summed E-state index contributed by atoms with van der Waals surface area (Å²) < 4.78 is 14.4. The van der Waals surface area contributed by atoms with E-state index in [1.54, 1.807) is 6.07 Å². The maximum atomic E-state index is 13.8. The first-order chi connectivity index (χ1) is 11.4. The molecule has 0 unspecified atom stereocenters. The van der Waals surface area contributed by atoms with Crippen molar-refractivity contribution in [1.29, 1.82) is 0 Å². The van der Waals surface area contributed by atoms with Gasteiger partial charge in [0.05, 0.1) is 17.8 Å². The van der Waals surface area contributed by atoms with E-state index >= 15 is 0 Å². The number of rotatable bonds is 5. The number of amides is 2. The number of benzene rings is 2. The number of likely N-dealkylation sites (N-methyl/N-ethyl adjacent to an activating group) is 1. The van der Waals surface area contributed by atoms with Crippen LogP contribution in [0.15, 0.2) is 51.8 Å². The van der Waals surface area contributed by atoms with Crippen LogP contribution < -0.4 is 5.32 Å². The Labute approximate surface area is 152 Å². The molecule has 0 aliphatic heterocycles. The SMILES string of the molecule is CSc1ccccc1NC(=O)CN(C)C(=O)c1cc(Br)ccc1F. The summed E-state index contributed by atoms with van der Waals surface area (Å²) in [5.41, 5.74) is 0.605. The number of hydrogen-bond acceptors (Lipinski definition) is 3. The summed E-state index contributed by atoms with van der Waals surface area (Å²) in [6.07, 6.45) is 1.91. The Morgan fingerprint density at radius 2 is 1.96 bits per heavy atom. The highest BCUT2D eigenvalue weighted by atomic mass is 79.9. The van der Waals surface area contributed by atoms with Gasteiger partial charge in [0, 0.05) is 16.4 Å². The molecule has 7 heteroatoms. The van der Waals surface area contributed by atoms with Crippen LogP contribution in [0.2, 0.25) is 0 Å². The second kappa shape index (κ2) is 8.30. The quantitative estimate of drug-likeness (QED) is 0.757. The molecule has 0 bridgehead atoms. The molecule has 2 amide bonds. The van der Waals surface area contributed by atoms with Crippen molar-refractivity contribution in [1.82, 2.24) is 4.90 Å². The molecule has 0 radical (unpaired) electrons. The first-order valence-corrected chi connectivity index (χ1v) is 9.07. The number of carbonyl (C=O) groups is 2. The molecule has 0 atom stereocenters. The molecule has 0 heterocycles. The Bertz CT molecular complexity index is 770. The number of anilines is 1. The van der Waals surface area contributed by atoms with Gasteiger partial charge in [0.15, 0.2) is 0 Å². The first-order valence-electron chi connectivity index (χ1n) is 7.05. The fourth-order valence-corrected chi connectivity index (χ4v) is 3.01. The largest absolute Gasteiger partial charge is 0.332 e. The minimum absolute atomic E-state index is 0.0795. The standard InChI is InChI=1S/C17H16BrFN2O2S/c1-21(17(23)12-9-11(18)7-8-13(12)19)10-16(22)20-14-5-3-4-6-15(14)24-2/h3-9H,10H2,1-2H3,(H,20,22). The molecule has 1 N–H and O–H groups in total. The van der Waals surface area contributed by atoms with Crippen molar-refractivity contribution in [2.24, 2.45) is 0 Å². The third-order valence-electron chi connectivity index (χ3n) is 3.27. The van der Waals surface area contributed by atoms with Crippen LogP contribution in [0, 0.1) is 5.82 Å². The molecule has 0 spiro atoms. The van der Waals surface area contributed by atoms with Crippen LogP contribution in [0.5, 0.6) is 0 Å². The summed E-state index contributed by atoms with van der Waals surface area (Å²) in [5.74, 6) is -1.52. The second-order valence-electron chi connectivity index (χ2n) is 5.03. The Kier molecular flexibility index (Phi) is 6.39. The molecule has 0 aromatic heterocycles. The van der Waals surface area contributed by atoms with Gasteiger partial charge in [-0.2, -0.15) is 0 Å². The molecule has 126 valence electrons.